The molecule has 15 nitrogen and oxygen atoms in total. The van der Waals surface area contributed by atoms with Crippen LogP contribution in [-0.2, 0) is 34.0 Å². The number of aliphatic hydroxyl groups excluding tert-OH is 1. The van der Waals surface area contributed by atoms with E-state index in [4.69, 9.17) is 18.9 Å². The van der Waals surface area contributed by atoms with Gasteiger partial charge in [0.1, 0.15) is 41.4 Å². The molecule has 3 amide bonds. The van der Waals surface area contributed by atoms with Gasteiger partial charge < -0.3 is 29.4 Å². The van der Waals surface area contributed by atoms with Gasteiger partial charge in [0.25, 0.3) is 0 Å². The summed E-state index contributed by atoms with van der Waals surface area (Å²) in [6.45, 7) is 23.1. The molecule has 0 aliphatic carbocycles. The van der Waals surface area contributed by atoms with E-state index in [2.05, 4.69) is 16.9 Å². The Morgan fingerprint density at radius 3 is 2.00 bits per heavy atom. The van der Waals surface area contributed by atoms with E-state index in [1.165, 1.54) is 16.0 Å². The lowest BCUT2D eigenvalue weighted by Crippen LogP contribution is -2.61. The molecule has 2 aromatic rings. The first-order valence-electron chi connectivity index (χ1n) is 17.4. The van der Waals surface area contributed by atoms with Crippen molar-refractivity contribution in [3.8, 4) is 0 Å². The molecule has 15 heteroatoms. The second-order valence-electron chi connectivity index (χ2n) is 16.9. The number of anilines is 1. The number of imidazole rings is 1. The second-order valence-corrected chi connectivity index (χ2v) is 16.9. The summed E-state index contributed by atoms with van der Waals surface area (Å²) in [7, 11) is 1.08. The van der Waals surface area contributed by atoms with Crippen LogP contribution in [0.4, 0.5) is 20.1 Å². The standard InChI is InChI=1S/C38H53N5O10/c1-14-37(11,12)38-19-25(28(45)40-26(29(46)50-13)27(44)23-20-41(21-39-23)31(47)51-34(2,3)4)43(33(49)53-36(8,9)10)30(38)42(32(48)52-35(5,6)7)24-18-16-15-17-22(24)38/h14-18,20-21,25-27,30,44H,1,19H2,2-13H3,(H,40,45)/t25-,26+,27+,30-,38+/m0/s1. The Labute approximate surface area is 310 Å². The normalized spacial score (nSPS) is 21.2. The number of allylic oxidation sites excluding steroid dienone is 1. The molecule has 4 rings (SSSR count). The number of ether oxygens (including phenoxy) is 4. The molecule has 1 aromatic carbocycles. The molecule has 1 fully saturated rings. The van der Waals surface area contributed by atoms with Gasteiger partial charge in [0, 0.05) is 11.6 Å². The molecule has 1 aromatic heterocycles. The van der Waals surface area contributed by atoms with Crippen LogP contribution < -0.4 is 10.2 Å². The van der Waals surface area contributed by atoms with Gasteiger partial charge >= 0.3 is 24.2 Å². The molecule has 2 aliphatic rings. The summed E-state index contributed by atoms with van der Waals surface area (Å²) in [5, 5.41) is 14.0. The van der Waals surface area contributed by atoms with Crippen molar-refractivity contribution < 1.29 is 48.0 Å². The number of benzene rings is 1. The molecule has 0 radical (unpaired) electrons. The average Bonchev–Trinajstić information content (AvgIpc) is 3.72. The van der Waals surface area contributed by atoms with Gasteiger partial charge in [-0.05, 0) is 85.8 Å². The van der Waals surface area contributed by atoms with Crippen LogP contribution in [0.5, 0.6) is 0 Å². The van der Waals surface area contributed by atoms with Gasteiger partial charge in [-0.1, -0.05) is 38.1 Å². The molecule has 1 saturated heterocycles. The highest BCUT2D eigenvalue weighted by atomic mass is 16.6. The molecule has 290 valence electrons. The summed E-state index contributed by atoms with van der Waals surface area (Å²) in [6, 6.07) is 4.05. The van der Waals surface area contributed by atoms with Gasteiger partial charge in [-0.2, -0.15) is 0 Å². The maximum absolute atomic E-state index is 14.6. The first-order valence-corrected chi connectivity index (χ1v) is 17.4. The summed E-state index contributed by atoms with van der Waals surface area (Å²) >= 11 is 0. The van der Waals surface area contributed by atoms with Crippen molar-refractivity contribution in [1.29, 1.82) is 0 Å². The average molecular weight is 740 g/mol. The minimum absolute atomic E-state index is 0.0602. The van der Waals surface area contributed by atoms with Gasteiger partial charge in [0.15, 0.2) is 6.04 Å². The maximum atomic E-state index is 14.6. The number of nitrogens with zero attached hydrogens (tertiary/aromatic N) is 4. The number of rotatable bonds is 7. The number of aromatic nitrogens is 2. The van der Waals surface area contributed by atoms with E-state index in [1.807, 2.05) is 19.9 Å². The van der Waals surface area contributed by atoms with Crippen LogP contribution in [0.25, 0.3) is 0 Å². The Hall–Kier alpha value is -4.92. The second kappa shape index (κ2) is 14.1. The number of carbonyl (C=O) groups is 5. The summed E-state index contributed by atoms with van der Waals surface area (Å²) in [4.78, 5) is 75.7. The fourth-order valence-electron chi connectivity index (χ4n) is 6.82. The SMILES string of the molecule is C=CC(C)(C)[C@@]12C[C@@H](C(=O)N[C@@H](C(=O)OC)[C@H](O)c3cn(C(=O)OC(C)(C)C)cn3)N(C(=O)OC(C)(C)C)[C@@H]1N(C(=O)OC(C)(C)C)c1ccccc12. The minimum atomic E-state index is -1.80. The number of hydrogen-bond donors (Lipinski definition) is 2. The number of amides is 3. The maximum Gasteiger partial charge on any atom is 0.419 e. The summed E-state index contributed by atoms with van der Waals surface area (Å²) in [5.74, 6) is -1.88. The van der Waals surface area contributed by atoms with Crippen molar-refractivity contribution in [3.05, 3.63) is 60.7 Å². The first-order chi connectivity index (χ1) is 24.3. The van der Waals surface area contributed by atoms with Crippen LogP contribution in [0.3, 0.4) is 0 Å². The lowest BCUT2D eigenvalue weighted by atomic mass is 9.60. The summed E-state index contributed by atoms with van der Waals surface area (Å²) in [6.07, 6.45) is -1.48. The number of aliphatic hydroxyl groups is 1. The van der Waals surface area contributed by atoms with Crippen molar-refractivity contribution in [2.24, 2.45) is 5.41 Å². The molecule has 2 N–H and O–H groups in total. The fraction of sp³-hybridized carbons (Fsp3) is 0.579. The van der Waals surface area contributed by atoms with E-state index in [0.29, 0.717) is 11.3 Å². The predicted octanol–water partition coefficient (Wildman–Crippen LogP) is 5.60. The molecule has 3 heterocycles. The Morgan fingerprint density at radius 2 is 1.45 bits per heavy atom. The minimum Gasteiger partial charge on any atom is -0.467 e. The summed E-state index contributed by atoms with van der Waals surface area (Å²) in [5.41, 5.74) is -3.79. The Balaban J connectivity index is 1.85. The zero-order valence-corrected chi connectivity index (χ0v) is 32.7. The van der Waals surface area contributed by atoms with Gasteiger partial charge in [-0.3, -0.25) is 14.6 Å². The lowest BCUT2D eigenvalue weighted by molar-refractivity contribution is -0.149. The Kier molecular flexibility index (Phi) is 10.9. The number of nitrogens with one attached hydrogen (secondary N) is 1. The highest BCUT2D eigenvalue weighted by molar-refractivity contribution is 5.97. The van der Waals surface area contributed by atoms with E-state index in [0.717, 1.165) is 18.0 Å². The zero-order chi connectivity index (χ0) is 40.1. The molecule has 0 unspecified atom stereocenters. The van der Waals surface area contributed by atoms with Crippen LogP contribution in [-0.4, -0.2) is 91.9 Å². The van der Waals surface area contributed by atoms with Crippen LogP contribution in [0, 0.1) is 5.41 Å². The quantitative estimate of drug-likeness (QED) is 0.205. The van der Waals surface area contributed by atoms with Gasteiger partial charge in [-0.25, -0.2) is 28.7 Å². The van der Waals surface area contributed by atoms with Crippen molar-refractivity contribution >= 4 is 35.8 Å². The number of esters is 1. The topological polar surface area (TPSA) is 179 Å². The van der Waals surface area contributed by atoms with Crippen LogP contribution in [0.2, 0.25) is 0 Å². The highest BCUT2D eigenvalue weighted by Gasteiger charge is 2.70. The zero-order valence-electron chi connectivity index (χ0n) is 32.7. The molecule has 0 bridgehead atoms. The third kappa shape index (κ3) is 8.04. The van der Waals surface area contributed by atoms with Gasteiger partial charge in [0.2, 0.25) is 5.91 Å². The third-order valence-electron chi connectivity index (χ3n) is 9.18. The van der Waals surface area contributed by atoms with Gasteiger partial charge in [0.05, 0.1) is 18.5 Å². The highest BCUT2D eigenvalue weighted by Crippen LogP contribution is 2.62. The van der Waals surface area contributed by atoms with Crippen LogP contribution in [0.1, 0.15) is 99.9 Å². The lowest BCUT2D eigenvalue weighted by Gasteiger charge is -2.45. The molecular formula is C38H53N5O10. The molecule has 0 spiro atoms. The number of likely N-dealkylation sites (tertiary alicyclic amines) is 1. The van der Waals surface area contributed by atoms with E-state index >= 15 is 0 Å². The van der Waals surface area contributed by atoms with E-state index < -0.39 is 82.1 Å². The monoisotopic (exact) mass is 739 g/mol. The number of hydrogen-bond acceptors (Lipinski definition) is 11. The number of carbonyl (C=O) groups excluding carboxylic acids is 5. The van der Waals surface area contributed by atoms with Crippen molar-refractivity contribution in [2.75, 3.05) is 12.0 Å². The predicted molar refractivity (Wildman–Crippen MR) is 194 cm³/mol. The van der Waals surface area contributed by atoms with Crippen molar-refractivity contribution in [3.63, 3.8) is 0 Å². The van der Waals surface area contributed by atoms with Crippen LogP contribution >= 0.6 is 0 Å². The molecule has 0 saturated carbocycles. The van der Waals surface area contributed by atoms with Gasteiger partial charge in [-0.15, -0.1) is 6.58 Å². The number of methoxy groups -OCH3 is 1. The molecule has 5 atom stereocenters. The fourth-order valence-corrected chi connectivity index (χ4v) is 6.82. The summed E-state index contributed by atoms with van der Waals surface area (Å²) < 4.78 is 23.1. The number of para-hydroxylation sites is 1. The smallest absolute Gasteiger partial charge is 0.419 e. The van der Waals surface area contributed by atoms with E-state index in [1.54, 1.807) is 86.6 Å². The largest absolute Gasteiger partial charge is 0.467 e. The molecule has 2 aliphatic heterocycles. The molecule has 53 heavy (non-hydrogen) atoms. The Morgan fingerprint density at radius 1 is 0.906 bits per heavy atom. The van der Waals surface area contributed by atoms with E-state index in [-0.39, 0.29) is 12.1 Å². The first kappa shape index (κ1) is 40.8. The van der Waals surface area contributed by atoms with Crippen molar-refractivity contribution in [1.82, 2.24) is 19.8 Å². The molecular weight excluding hydrogens is 686 g/mol. The third-order valence-corrected chi connectivity index (χ3v) is 9.18. The van der Waals surface area contributed by atoms with Crippen molar-refractivity contribution in [2.45, 2.75) is 129 Å². The van der Waals surface area contributed by atoms with Crippen LogP contribution in [0.15, 0.2) is 49.4 Å². The Bertz CT molecular complexity index is 1760. The number of fused-ring (bicyclic) bond motifs is 3. The van der Waals surface area contributed by atoms with E-state index in [9.17, 15) is 29.1 Å².